The first-order valence-corrected chi connectivity index (χ1v) is 17.6. The van der Waals surface area contributed by atoms with Gasteiger partial charge in [0.2, 0.25) is 6.29 Å². The van der Waals surface area contributed by atoms with Crippen LogP contribution in [-0.4, -0.2) is 97.8 Å². The van der Waals surface area contributed by atoms with Crippen LogP contribution in [0.25, 0.3) is 0 Å². The van der Waals surface area contributed by atoms with E-state index in [9.17, 15) is 40.5 Å². The first-order chi connectivity index (χ1) is 21.5. The number of ether oxygens (including phenoxy) is 2. The normalized spacial score (nSPS) is 56.6. The molecule has 1 aliphatic heterocycles. The molecule has 0 spiro atoms. The van der Waals surface area contributed by atoms with Crippen molar-refractivity contribution >= 4 is 5.97 Å². The van der Waals surface area contributed by atoms with Crippen molar-refractivity contribution in [2.24, 2.45) is 56.7 Å². The average Bonchev–Trinajstić information content (AvgIpc) is 3.42. The number of allylic oxidation sites excluding steroid dienone is 1. The maximum atomic E-state index is 14.4. The van der Waals surface area contributed by atoms with Crippen LogP contribution < -0.4 is 0 Å². The highest BCUT2D eigenvalue weighted by Crippen LogP contribution is 2.77. The van der Waals surface area contributed by atoms with E-state index < -0.39 is 66.3 Å². The van der Waals surface area contributed by atoms with Gasteiger partial charge in [-0.3, -0.25) is 4.79 Å². The molecule has 0 radical (unpaired) electrons. The van der Waals surface area contributed by atoms with Crippen molar-refractivity contribution in [2.45, 2.75) is 135 Å². The van der Waals surface area contributed by atoms with E-state index in [0.29, 0.717) is 19.3 Å². The number of hydrogen-bond acceptors (Lipinski definition) is 10. The lowest BCUT2D eigenvalue weighted by Gasteiger charge is -2.73. The topological polar surface area (TPSA) is 177 Å². The van der Waals surface area contributed by atoms with E-state index >= 15 is 0 Å². The third-order valence-corrected chi connectivity index (χ3v) is 15.6. The number of carbonyl (C=O) groups excluding carboxylic acids is 1. The molecule has 0 aromatic rings. The minimum absolute atomic E-state index is 0.0362. The standard InChI is InChI=1S/C36H58O10/c1-18(2)19-9-12-36(31(44)46-30-28(42)27(41)26(40)22(16-37)45-30)14-13-34(5)20(25(19)36)7-8-24-32(3)15-21(39)29(43)33(4,17-38)23(32)10-11-35(24,34)6/h19-30,37-43H,1,7-17H2,2-6H3/t19-,20+,21+,22+,23+,24+,25-,26+,27-,28+,29-,30-,32-,33+,34+,35+,36-/m0/s1. The molecule has 17 atom stereocenters. The molecule has 46 heavy (non-hydrogen) atoms. The second-order valence-corrected chi connectivity index (χ2v) is 17.3. The molecule has 0 aromatic carbocycles. The van der Waals surface area contributed by atoms with Crippen LogP contribution in [0, 0.1) is 56.7 Å². The van der Waals surface area contributed by atoms with E-state index in [1.54, 1.807) is 0 Å². The summed E-state index contributed by atoms with van der Waals surface area (Å²) in [6.07, 6.45) is -2.40. The maximum absolute atomic E-state index is 14.4. The highest BCUT2D eigenvalue weighted by Gasteiger charge is 2.73. The van der Waals surface area contributed by atoms with Crippen LogP contribution in [0.3, 0.4) is 0 Å². The van der Waals surface area contributed by atoms with Crippen molar-refractivity contribution in [1.29, 1.82) is 0 Å². The molecule has 7 N–H and O–H groups in total. The average molecular weight is 651 g/mol. The molecular weight excluding hydrogens is 592 g/mol. The molecule has 6 fully saturated rings. The molecular formula is C36H58O10. The van der Waals surface area contributed by atoms with Gasteiger partial charge in [-0.15, -0.1) is 0 Å². The molecule has 6 aliphatic rings. The Bertz CT molecular complexity index is 1210. The molecule has 0 unspecified atom stereocenters. The molecule has 0 amide bonds. The second kappa shape index (κ2) is 11.5. The Hall–Kier alpha value is -1.11. The van der Waals surface area contributed by atoms with Gasteiger partial charge in [0.05, 0.1) is 30.8 Å². The van der Waals surface area contributed by atoms with Gasteiger partial charge in [0.1, 0.15) is 24.4 Å². The van der Waals surface area contributed by atoms with Crippen LogP contribution >= 0.6 is 0 Å². The first kappa shape index (κ1) is 34.7. The van der Waals surface area contributed by atoms with Gasteiger partial charge in [0.25, 0.3) is 0 Å². The third kappa shape index (κ3) is 4.46. The number of esters is 1. The molecule has 262 valence electrons. The fourth-order valence-corrected chi connectivity index (χ4v) is 13.0. The Labute approximate surface area is 273 Å². The summed E-state index contributed by atoms with van der Waals surface area (Å²) in [5.74, 6) is 0.157. The van der Waals surface area contributed by atoms with Gasteiger partial charge in [0.15, 0.2) is 0 Å². The summed E-state index contributed by atoms with van der Waals surface area (Å²) < 4.78 is 11.5. The Morgan fingerprint density at radius 3 is 2.17 bits per heavy atom. The van der Waals surface area contributed by atoms with Gasteiger partial charge < -0.3 is 45.2 Å². The van der Waals surface area contributed by atoms with Gasteiger partial charge >= 0.3 is 5.97 Å². The van der Waals surface area contributed by atoms with Crippen molar-refractivity contribution in [2.75, 3.05) is 13.2 Å². The van der Waals surface area contributed by atoms with E-state index in [-0.39, 0.29) is 52.4 Å². The number of aliphatic hydroxyl groups is 7. The number of rotatable bonds is 5. The van der Waals surface area contributed by atoms with Crippen LogP contribution in [0.4, 0.5) is 0 Å². The number of aliphatic hydroxyl groups excluding tert-OH is 7. The summed E-state index contributed by atoms with van der Waals surface area (Å²) in [7, 11) is 0. The molecule has 10 nitrogen and oxygen atoms in total. The maximum Gasteiger partial charge on any atom is 0.314 e. The number of fused-ring (bicyclic) bond motifs is 7. The predicted molar refractivity (Wildman–Crippen MR) is 168 cm³/mol. The van der Waals surface area contributed by atoms with Crippen molar-refractivity contribution in [3.8, 4) is 0 Å². The molecule has 10 heteroatoms. The van der Waals surface area contributed by atoms with E-state index in [2.05, 4.69) is 27.4 Å². The van der Waals surface area contributed by atoms with Crippen LogP contribution in [0.5, 0.6) is 0 Å². The van der Waals surface area contributed by atoms with Crippen LogP contribution in [0.15, 0.2) is 12.2 Å². The highest BCUT2D eigenvalue weighted by molar-refractivity contribution is 5.78. The van der Waals surface area contributed by atoms with E-state index in [1.807, 2.05) is 13.8 Å². The molecule has 5 aliphatic carbocycles. The van der Waals surface area contributed by atoms with Gasteiger partial charge in [-0.05, 0) is 111 Å². The van der Waals surface area contributed by atoms with Gasteiger partial charge in [-0.25, -0.2) is 0 Å². The Morgan fingerprint density at radius 2 is 1.54 bits per heavy atom. The minimum atomic E-state index is -1.65. The van der Waals surface area contributed by atoms with Crippen molar-refractivity contribution in [3.05, 3.63) is 12.2 Å². The quantitative estimate of drug-likeness (QED) is 0.173. The van der Waals surface area contributed by atoms with E-state index in [1.165, 1.54) is 0 Å². The van der Waals surface area contributed by atoms with Crippen LogP contribution in [0.1, 0.15) is 92.4 Å². The van der Waals surface area contributed by atoms with Crippen LogP contribution in [-0.2, 0) is 14.3 Å². The lowest BCUT2D eigenvalue weighted by Crippen LogP contribution is -2.69. The monoisotopic (exact) mass is 650 g/mol. The first-order valence-electron chi connectivity index (χ1n) is 17.6. The fraction of sp³-hybridized carbons (Fsp3) is 0.917. The molecule has 6 rings (SSSR count). The Morgan fingerprint density at radius 1 is 0.848 bits per heavy atom. The predicted octanol–water partition coefficient (Wildman–Crippen LogP) is 2.29. The van der Waals surface area contributed by atoms with Crippen LogP contribution in [0.2, 0.25) is 0 Å². The Balaban J connectivity index is 1.34. The van der Waals surface area contributed by atoms with E-state index in [4.69, 9.17) is 9.47 Å². The fourth-order valence-electron chi connectivity index (χ4n) is 13.0. The van der Waals surface area contributed by atoms with E-state index in [0.717, 1.165) is 44.1 Å². The summed E-state index contributed by atoms with van der Waals surface area (Å²) in [6.45, 7) is 14.7. The largest absolute Gasteiger partial charge is 0.432 e. The number of hydrogen-bond donors (Lipinski definition) is 7. The SMILES string of the molecule is C=C(C)[C@@H]1CC[C@]2(C(=O)O[C@@H]3O[C@H](CO)[C@@H](O)[C@H](O)[C@H]3O)CC[C@]3(C)[C@H](CC[C@@H]4[C@@]5(C)C[C@@H](O)[C@H](O)[C@](C)(CO)[C@@H]5CC[C@]43C)[C@H]12. The molecule has 0 aromatic heterocycles. The summed E-state index contributed by atoms with van der Waals surface area (Å²) in [6, 6.07) is 0. The van der Waals surface area contributed by atoms with Crippen molar-refractivity contribution < 1.29 is 50.0 Å². The summed E-state index contributed by atoms with van der Waals surface area (Å²) in [4.78, 5) is 14.4. The minimum Gasteiger partial charge on any atom is -0.432 e. The smallest absolute Gasteiger partial charge is 0.314 e. The zero-order valence-electron chi connectivity index (χ0n) is 28.3. The van der Waals surface area contributed by atoms with Crippen molar-refractivity contribution in [3.63, 3.8) is 0 Å². The summed E-state index contributed by atoms with van der Waals surface area (Å²) >= 11 is 0. The summed E-state index contributed by atoms with van der Waals surface area (Å²) in [5.41, 5.74) is -1.06. The second-order valence-electron chi connectivity index (χ2n) is 17.3. The lowest BCUT2D eigenvalue weighted by molar-refractivity contribution is -0.299. The van der Waals surface area contributed by atoms with Crippen molar-refractivity contribution in [1.82, 2.24) is 0 Å². The zero-order chi connectivity index (χ0) is 33.8. The van der Waals surface area contributed by atoms with Gasteiger partial charge in [-0.1, -0.05) is 39.8 Å². The lowest BCUT2D eigenvalue weighted by atomic mass is 9.32. The molecule has 1 heterocycles. The zero-order valence-corrected chi connectivity index (χ0v) is 28.3. The molecule has 5 saturated carbocycles. The highest BCUT2D eigenvalue weighted by atomic mass is 16.7. The van der Waals surface area contributed by atoms with Gasteiger partial charge in [-0.2, -0.15) is 0 Å². The Kier molecular flexibility index (Phi) is 8.66. The third-order valence-electron chi connectivity index (χ3n) is 15.6. The van der Waals surface area contributed by atoms with Gasteiger partial charge in [0, 0.05) is 5.41 Å². The summed E-state index contributed by atoms with van der Waals surface area (Å²) in [5, 5.41) is 73.8. The molecule has 1 saturated heterocycles. The number of carbonyl (C=O) groups is 1. The molecule has 0 bridgehead atoms.